The third-order valence-electron chi connectivity index (χ3n) is 0.806. The van der Waals surface area contributed by atoms with Gasteiger partial charge in [-0.2, -0.15) is 0 Å². The van der Waals surface area contributed by atoms with Gasteiger partial charge in [0.25, 0.3) is 0 Å². The molecule has 0 bridgehead atoms. The first-order valence-electron chi connectivity index (χ1n) is 2.16. The third-order valence-corrected chi connectivity index (χ3v) is 1.09. The van der Waals surface area contributed by atoms with Crippen molar-refractivity contribution in [2.45, 2.75) is 0 Å². The van der Waals surface area contributed by atoms with E-state index in [9.17, 15) is 0 Å². The molecule has 1 heterocycles. The first-order chi connectivity index (χ1) is 3.84. The molecule has 8 heavy (non-hydrogen) atoms. The number of imidazole rings is 1. The number of nitrogens with zero attached hydrogens (tertiary/aromatic N) is 2. The van der Waals surface area contributed by atoms with Crippen molar-refractivity contribution in [1.82, 2.24) is 9.07 Å². The van der Waals surface area contributed by atoms with Gasteiger partial charge in [0.15, 0.2) is 0 Å². The second-order valence-electron chi connectivity index (χ2n) is 1.30. The van der Waals surface area contributed by atoms with Crippen LogP contribution in [0, 0.1) is 0 Å². The highest BCUT2D eigenvalue weighted by atomic mass is 35.5. The van der Waals surface area contributed by atoms with E-state index in [2.05, 4.69) is 11.6 Å². The fourth-order valence-electron chi connectivity index (χ4n) is 0.440. The monoisotopic (exact) mass is 128 g/mol. The van der Waals surface area contributed by atoms with E-state index in [1.165, 1.54) is 4.09 Å². The lowest BCUT2D eigenvalue weighted by Crippen LogP contribution is -1.79. The average molecular weight is 129 g/mol. The highest BCUT2D eigenvalue weighted by Crippen LogP contribution is 1.98. The number of rotatable bonds is 1. The Labute approximate surface area is 52.5 Å². The molecule has 1 aromatic rings. The average Bonchev–Trinajstić information content (AvgIpc) is 2.14. The van der Waals surface area contributed by atoms with Crippen molar-refractivity contribution in [3.05, 3.63) is 24.8 Å². The Morgan fingerprint density at radius 3 is 2.88 bits per heavy atom. The summed E-state index contributed by atoms with van der Waals surface area (Å²) in [5.74, 6) is 0.673. The van der Waals surface area contributed by atoms with Crippen LogP contribution in [0.5, 0.6) is 0 Å². The van der Waals surface area contributed by atoms with E-state index in [4.69, 9.17) is 11.8 Å². The van der Waals surface area contributed by atoms with Gasteiger partial charge in [0, 0.05) is 24.2 Å². The van der Waals surface area contributed by atoms with Crippen LogP contribution in [0.1, 0.15) is 5.82 Å². The molecule has 1 aromatic heterocycles. The fourth-order valence-corrected chi connectivity index (χ4v) is 0.603. The molecule has 0 N–H and O–H groups in total. The number of halogens is 1. The van der Waals surface area contributed by atoms with Crippen LogP contribution in [-0.2, 0) is 0 Å². The van der Waals surface area contributed by atoms with Crippen molar-refractivity contribution in [3.8, 4) is 0 Å². The zero-order chi connectivity index (χ0) is 5.98. The first-order valence-corrected chi connectivity index (χ1v) is 2.50. The molecule has 0 unspecified atom stereocenters. The normalized spacial score (nSPS) is 9.12. The van der Waals surface area contributed by atoms with Crippen molar-refractivity contribution in [1.29, 1.82) is 0 Å². The third kappa shape index (κ3) is 0.746. The van der Waals surface area contributed by atoms with Crippen LogP contribution in [0.25, 0.3) is 6.08 Å². The minimum Gasteiger partial charge on any atom is -0.242 e. The Hall–Kier alpha value is -0.760. The lowest BCUT2D eigenvalue weighted by molar-refractivity contribution is 1.18. The molecule has 2 nitrogen and oxygen atoms in total. The predicted molar refractivity (Wildman–Crippen MR) is 33.6 cm³/mol. The zero-order valence-electron chi connectivity index (χ0n) is 4.21. The Bertz CT molecular complexity index is 192. The van der Waals surface area contributed by atoms with E-state index in [0.29, 0.717) is 5.82 Å². The van der Waals surface area contributed by atoms with Crippen molar-refractivity contribution < 1.29 is 0 Å². The van der Waals surface area contributed by atoms with Crippen LogP contribution in [0.4, 0.5) is 0 Å². The molecule has 0 atom stereocenters. The van der Waals surface area contributed by atoms with Crippen LogP contribution < -0.4 is 0 Å². The molecule has 0 radical (unpaired) electrons. The van der Waals surface area contributed by atoms with Gasteiger partial charge in [-0.3, -0.25) is 0 Å². The second-order valence-corrected chi connectivity index (χ2v) is 1.66. The topological polar surface area (TPSA) is 17.8 Å². The molecule has 0 aromatic carbocycles. The highest BCUT2D eigenvalue weighted by Gasteiger charge is 1.89. The van der Waals surface area contributed by atoms with E-state index in [0.717, 1.165) is 0 Å². The van der Waals surface area contributed by atoms with Gasteiger partial charge in [0.2, 0.25) is 0 Å². The Morgan fingerprint density at radius 1 is 1.88 bits per heavy atom. The molecular weight excluding hydrogens is 124 g/mol. The SMILES string of the molecule is C=Cc1nccn1Cl. The number of aromatic nitrogens is 2. The minimum atomic E-state index is 0.673. The maximum atomic E-state index is 5.52. The van der Waals surface area contributed by atoms with Gasteiger partial charge >= 0.3 is 0 Å². The van der Waals surface area contributed by atoms with Gasteiger partial charge in [-0.15, -0.1) is 0 Å². The maximum Gasteiger partial charge on any atom is 0.146 e. The predicted octanol–water partition coefficient (Wildman–Crippen LogP) is 1.53. The zero-order valence-corrected chi connectivity index (χ0v) is 4.97. The van der Waals surface area contributed by atoms with E-state index in [1.807, 2.05) is 0 Å². The van der Waals surface area contributed by atoms with Crippen LogP contribution >= 0.6 is 11.8 Å². The quantitative estimate of drug-likeness (QED) is 0.561. The standard InChI is InChI=1S/C5H5ClN2/c1-2-5-7-3-4-8(5)6/h2-4H,1H2. The molecule has 0 saturated heterocycles. The van der Waals surface area contributed by atoms with Gasteiger partial charge in [-0.1, -0.05) is 6.58 Å². The molecule has 0 spiro atoms. The van der Waals surface area contributed by atoms with Crippen molar-refractivity contribution in [3.63, 3.8) is 0 Å². The maximum absolute atomic E-state index is 5.52. The largest absolute Gasteiger partial charge is 0.242 e. The summed E-state index contributed by atoms with van der Waals surface area (Å²) in [6.45, 7) is 3.50. The van der Waals surface area contributed by atoms with Crippen LogP contribution in [-0.4, -0.2) is 9.07 Å². The summed E-state index contributed by atoms with van der Waals surface area (Å²) in [6.07, 6.45) is 4.86. The van der Waals surface area contributed by atoms with Gasteiger partial charge < -0.3 is 0 Å². The summed E-state index contributed by atoms with van der Waals surface area (Å²) in [5, 5.41) is 0. The Morgan fingerprint density at radius 2 is 2.62 bits per heavy atom. The van der Waals surface area contributed by atoms with E-state index >= 15 is 0 Å². The molecule has 42 valence electrons. The smallest absolute Gasteiger partial charge is 0.146 e. The molecule has 3 heteroatoms. The van der Waals surface area contributed by atoms with Crippen LogP contribution in [0.3, 0.4) is 0 Å². The minimum absolute atomic E-state index is 0.673. The summed E-state index contributed by atoms with van der Waals surface area (Å²) in [7, 11) is 0. The lowest BCUT2D eigenvalue weighted by Gasteiger charge is -1.85. The molecule has 1 rings (SSSR count). The van der Waals surface area contributed by atoms with Gasteiger partial charge in [0.05, 0.1) is 0 Å². The molecule has 0 aliphatic rings. The van der Waals surface area contributed by atoms with Crippen LogP contribution in [0.15, 0.2) is 19.0 Å². The van der Waals surface area contributed by atoms with Gasteiger partial charge in [0.1, 0.15) is 5.82 Å². The highest BCUT2D eigenvalue weighted by molar-refractivity contribution is 6.16. The molecule has 0 saturated carbocycles. The number of hydrogen-bond donors (Lipinski definition) is 0. The molecular formula is C5H5ClN2. The van der Waals surface area contributed by atoms with E-state index in [-0.39, 0.29) is 0 Å². The van der Waals surface area contributed by atoms with Gasteiger partial charge in [-0.05, 0) is 6.08 Å². The van der Waals surface area contributed by atoms with E-state index in [1.54, 1.807) is 18.5 Å². The molecule has 0 amide bonds. The van der Waals surface area contributed by atoms with Crippen LogP contribution in [0.2, 0.25) is 0 Å². The summed E-state index contributed by atoms with van der Waals surface area (Å²) in [5.41, 5.74) is 0. The van der Waals surface area contributed by atoms with Crippen molar-refractivity contribution in [2.75, 3.05) is 0 Å². The Balaban J connectivity index is 3.09. The molecule has 0 fully saturated rings. The van der Waals surface area contributed by atoms with Crippen molar-refractivity contribution >= 4 is 17.9 Å². The summed E-state index contributed by atoms with van der Waals surface area (Å²) in [6, 6.07) is 0. The van der Waals surface area contributed by atoms with Gasteiger partial charge in [-0.25, -0.2) is 9.07 Å². The summed E-state index contributed by atoms with van der Waals surface area (Å²) in [4.78, 5) is 3.85. The second kappa shape index (κ2) is 2.01. The lowest BCUT2D eigenvalue weighted by atomic mass is 10.6. The molecule has 0 aliphatic carbocycles. The fraction of sp³-hybridized carbons (Fsp3) is 0. The first kappa shape index (κ1) is 5.38. The summed E-state index contributed by atoms with van der Waals surface area (Å²) >= 11 is 5.52. The van der Waals surface area contributed by atoms with E-state index < -0.39 is 0 Å². The Kier molecular flexibility index (Phi) is 1.35. The number of hydrogen-bond acceptors (Lipinski definition) is 1. The van der Waals surface area contributed by atoms with Crippen molar-refractivity contribution in [2.24, 2.45) is 0 Å². The summed E-state index contributed by atoms with van der Waals surface area (Å²) < 4.78 is 1.38. The molecule has 0 aliphatic heterocycles.